The first-order valence-electron chi connectivity index (χ1n) is 8.90. The maximum Gasteiger partial charge on any atom is 0.410 e. The van der Waals surface area contributed by atoms with Crippen molar-refractivity contribution < 1.29 is 18.3 Å². The smallest absolute Gasteiger partial charge is 0.410 e. The molecule has 2 aromatic rings. The Bertz CT molecular complexity index is 776. The predicted octanol–water partition coefficient (Wildman–Crippen LogP) is 3.87. The molecule has 1 aliphatic rings. The molecule has 6 nitrogen and oxygen atoms in total. The Hall–Kier alpha value is -2.64. The Kier molecular flexibility index (Phi) is 5.34. The van der Waals surface area contributed by atoms with Gasteiger partial charge in [0.1, 0.15) is 5.60 Å². The number of halogens is 2. The van der Waals surface area contributed by atoms with Crippen LogP contribution in [0.15, 0.2) is 36.5 Å². The third-order valence-electron chi connectivity index (χ3n) is 4.24. The standard InChI is InChI=1S/C19H24F2N4O2/c1-19(2,3)27-18(26)24-12-10-23(11-13-24)16-8-9-25(22-16)15-6-4-14(5-7-15)17(20)21/h4-9,17H,10-13H2,1-3H3. The number of amides is 1. The molecule has 1 amide bonds. The third kappa shape index (κ3) is 4.75. The van der Waals surface area contributed by atoms with E-state index in [4.69, 9.17) is 4.74 Å². The van der Waals surface area contributed by atoms with E-state index in [1.54, 1.807) is 27.9 Å². The van der Waals surface area contributed by atoms with Gasteiger partial charge in [0.15, 0.2) is 5.82 Å². The highest BCUT2D eigenvalue weighted by atomic mass is 19.3. The van der Waals surface area contributed by atoms with Gasteiger partial charge in [-0.15, -0.1) is 0 Å². The van der Waals surface area contributed by atoms with Crippen molar-refractivity contribution in [3.63, 3.8) is 0 Å². The summed E-state index contributed by atoms with van der Waals surface area (Å²) in [5, 5.41) is 4.53. The van der Waals surface area contributed by atoms with E-state index >= 15 is 0 Å². The van der Waals surface area contributed by atoms with Gasteiger partial charge in [0.2, 0.25) is 0 Å². The third-order valence-corrected chi connectivity index (χ3v) is 4.24. The van der Waals surface area contributed by atoms with E-state index in [-0.39, 0.29) is 11.7 Å². The number of anilines is 1. The molecule has 1 aliphatic heterocycles. The Labute approximate surface area is 157 Å². The van der Waals surface area contributed by atoms with Crippen LogP contribution in [0.5, 0.6) is 0 Å². The number of piperazine rings is 1. The topological polar surface area (TPSA) is 50.6 Å². The molecule has 1 fully saturated rings. The molecule has 8 heteroatoms. The monoisotopic (exact) mass is 378 g/mol. The zero-order valence-electron chi connectivity index (χ0n) is 15.7. The number of ether oxygens (including phenoxy) is 1. The van der Waals surface area contributed by atoms with E-state index in [1.807, 2.05) is 26.8 Å². The molecule has 0 radical (unpaired) electrons. The summed E-state index contributed by atoms with van der Waals surface area (Å²) < 4.78 is 32.4. The first kappa shape index (κ1) is 19.1. The molecule has 0 N–H and O–H groups in total. The number of alkyl halides is 2. The van der Waals surface area contributed by atoms with E-state index in [0.717, 1.165) is 11.5 Å². The average Bonchev–Trinajstić information content (AvgIpc) is 3.10. The molecule has 0 saturated carbocycles. The minimum Gasteiger partial charge on any atom is -0.444 e. The Morgan fingerprint density at radius 1 is 1.07 bits per heavy atom. The van der Waals surface area contributed by atoms with Crippen LogP contribution in [0.1, 0.15) is 32.8 Å². The van der Waals surface area contributed by atoms with Crippen molar-refractivity contribution in [3.05, 3.63) is 42.1 Å². The minimum absolute atomic E-state index is 0.00982. The Morgan fingerprint density at radius 3 is 2.26 bits per heavy atom. The largest absolute Gasteiger partial charge is 0.444 e. The van der Waals surface area contributed by atoms with Gasteiger partial charge in [-0.2, -0.15) is 5.10 Å². The molecule has 146 valence electrons. The minimum atomic E-state index is -2.48. The second-order valence-electron chi connectivity index (χ2n) is 7.47. The number of nitrogens with zero attached hydrogens (tertiary/aromatic N) is 4. The lowest BCUT2D eigenvalue weighted by atomic mass is 10.2. The molecular weight excluding hydrogens is 354 g/mol. The second kappa shape index (κ2) is 7.54. The van der Waals surface area contributed by atoms with Gasteiger partial charge in [0.05, 0.1) is 5.69 Å². The first-order chi connectivity index (χ1) is 12.7. The predicted molar refractivity (Wildman–Crippen MR) is 98.5 cm³/mol. The molecule has 0 bridgehead atoms. The summed E-state index contributed by atoms with van der Waals surface area (Å²) in [6.45, 7) is 7.97. The van der Waals surface area contributed by atoms with Gasteiger partial charge in [-0.3, -0.25) is 0 Å². The fourth-order valence-electron chi connectivity index (χ4n) is 2.84. The molecule has 1 aromatic heterocycles. The summed E-state index contributed by atoms with van der Waals surface area (Å²) in [6.07, 6.45) is -0.979. The van der Waals surface area contributed by atoms with Crippen molar-refractivity contribution in [2.45, 2.75) is 32.8 Å². The molecule has 2 heterocycles. The highest BCUT2D eigenvalue weighted by molar-refractivity contribution is 5.68. The number of hydrogen-bond donors (Lipinski definition) is 0. The maximum atomic E-state index is 12.7. The molecule has 0 unspecified atom stereocenters. The number of rotatable bonds is 3. The zero-order chi connectivity index (χ0) is 19.6. The van der Waals surface area contributed by atoms with Gasteiger partial charge in [0.25, 0.3) is 6.43 Å². The zero-order valence-corrected chi connectivity index (χ0v) is 15.7. The van der Waals surface area contributed by atoms with Crippen LogP contribution < -0.4 is 4.90 Å². The summed E-state index contributed by atoms with van der Waals surface area (Å²) in [7, 11) is 0. The summed E-state index contributed by atoms with van der Waals surface area (Å²) in [4.78, 5) is 15.9. The lowest BCUT2D eigenvalue weighted by Gasteiger charge is -2.35. The van der Waals surface area contributed by atoms with Crippen molar-refractivity contribution in [2.24, 2.45) is 0 Å². The van der Waals surface area contributed by atoms with Gasteiger partial charge in [0, 0.05) is 44.0 Å². The van der Waals surface area contributed by atoms with Crippen molar-refractivity contribution in [1.29, 1.82) is 0 Å². The summed E-state index contributed by atoms with van der Waals surface area (Å²) in [6, 6.07) is 7.93. The van der Waals surface area contributed by atoms with Crippen LogP contribution in [0.25, 0.3) is 5.69 Å². The van der Waals surface area contributed by atoms with E-state index < -0.39 is 12.0 Å². The van der Waals surface area contributed by atoms with E-state index in [9.17, 15) is 13.6 Å². The van der Waals surface area contributed by atoms with Gasteiger partial charge in [-0.05, 0) is 32.9 Å². The average molecular weight is 378 g/mol. The van der Waals surface area contributed by atoms with E-state index in [1.165, 1.54) is 12.1 Å². The molecular formula is C19H24F2N4O2. The van der Waals surface area contributed by atoms with Gasteiger partial charge in [-0.25, -0.2) is 18.3 Å². The molecule has 27 heavy (non-hydrogen) atoms. The number of hydrogen-bond acceptors (Lipinski definition) is 4. The second-order valence-corrected chi connectivity index (χ2v) is 7.47. The molecule has 0 spiro atoms. The number of aromatic nitrogens is 2. The molecule has 0 atom stereocenters. The van der Waals surface area contributed by atoms with Crippen molar-refractivity contribution in [3.8, 4) is 5.69 Å². The molecule has 3 rings (SSSR count). The van der Waals surface area contributed by atoms with Crippen molar-refractivity contribution in [2.75, 3.05) is 31.1 Å². The first-order valence-corrected chi connectivity index (χ1v) is 8.90. The van der Waals surface area contributed by atoms with Crippen LogP contribution in [0, 0.1) is 0 Å². The molecule has 1 saturated heterocycles. The summed E-state index contributed by atoms with van der Waals surface area (Å²) in [5.74, 6) is 0.789. The lowest BCUT2D eigenvalue weighted by Crippen LogP contribution is -2.50. The van der Waals surface area contributed by atoms with Crippen LogP contribution in [0.2, 0.25) is 0 Å². The van der Waals surface area contributed by atoms with Crippen LogP contribution >= 0.6 is 0 Å². The van der Waals surface area contributed by atoms with Gasteiger partial charge >= 0.3 is 6.09 Å². The van der Waals surface area contributed by atoms with Gasteiger partial charge < -0.3 is 14.5 Å². The van der Waals surface area contributed by atoms with Crippen LogP contribution in [-0.2, 0) is 4.74 Å². The fourth-order valence-corrected chi connectivity index (χ4v) is 2.84. The molecule has 0 aliphatic carbocycles. The number of carbonyl (C=O) groups excluding carboxylic acids is 1. The summed E-state index contributed by atoms with van der Waals surface area (Å²) >= 11 is 0. The van der Waals surface area contributed by atoms with Crippen LogP contribution in [0.3, 0.4) is 0 Å². The number of carbonyl (C=O) groups is 1. The maximum absolute atomic E-state index is 12.7. The van der Waals surface area contributed by atoms with E-state index in [0.29, 0.717) is 26.2 Å². The van der Waals surface area contributed by atoms with Gasteiger partial charge in [-0.1, -0.05) is 12.1 Å². The van der Waals surface area contributed by atoms with Crippen LogP contribution in [0.4, 0.5) is 19.4 Å². The van der Waals surface area contributed by atoms with Crippen LogP contribution in [-0.4, -0.2) is 52.6 Å². The lowest BCUT2D eigenvalue weighted by molar-refractivity contribution is 0.0240. The van der Waals surface area contributed by atoms with Crippen molar-refractivity contribution >= 4 is 11.9 Å². The summed E-state index contributed by atoms with van der Waals surface area (Å²) in [5.41, 5.74) is 0.204. The highest BCUT2D eigenvalue weighted by Gasteiger charge is 2.26. The van der Waals surface area contributed by atoms with E-state index in [2.05, 4.69) is 10.00 Å². The molecule has 1 aromatic carbocycles. The Morgan fingerprint density at radius 2 is 1.70 bits per heavy atom. The fraction of sp³-hybridized carbons (Fsp3) is 0.474. The van der Waals surface area contributed by atoms with Crippen molar-refractivity contribution in [1.82, 2.24) is 14.7 Å². The highest BCUT2D eigenvalue weighted by Crippen LogP contribution is 2.21. The number of benzene rings is 1. The SMILES string of the molecule is CC(C)(C)OC(=O)N1CCN(c2ccn(-c3ccc(C(F)F)cc3)n2)CC1. The quantitative estimate of drug-likeness (QED) is 0.814. The Balaban J connectivity index is 1.60. The normalized spacial score (nSPS) is 15.3.